The molecule has 15 heavy (non-hydrogen) atoms. The summed E-state index contributed by atoms with van der Waals surface area (Å²) in [5.74, 6) is 0.824. The van der Waals surface area contributed by atoms with E-state index in [2.05, 4.69) is 21.2 Å². The van der Waals surface area contributed by atoms with Gasteiger partial charge in [-0.15, -0.1) is 0 Å². The van der Waals surface area contributed by atoms with Gasteiger partial charge in [-0.3, -0.25) is 0 Å². The van der Waals surface area contributed by atoms with Crippen molar-refractivity contribution in [1.29, 1.82) is 0 Å². The second-order valence-corrected chi connectivity index (χ2v) is 6.26. The van der Waals surface area contributed by atoms with Crippen LogP contribution in [0.3, 0.4) is 0 Å². The number of halogens is 1. The molecule has 0 bridgehead atoms. The van der Waals surface area contributed by atoms with Gasteiger partial charge in [-0.25, -0.2) is 4.79 Å². The molecule has 0 heterocycles. The number of ether oxygens (including phenoxy) is 1. The lowest BCUT2D eigenvalue weighted by Crippen LogP contribution is -2.33. The van der Waals surface area contributed by atoms with Gasteiger partial charge in [0, 0.05) is 11.4 Å². The van der Waals surface area contributed by atoms with Gasteiger partial charge < -0.3 is 10.1 Å². The molecule has 0 saturated heterocycles. The Morgan fingerprint density at radius 3 is 2.60 bits per heavy atom. The highest BCUT2D eigenvalue weighted by molar-refractivity contribution is 9.09. The molecule has 1 fully saturated rings. The van der Waals surface area contributed by atoms with Gasteiger partial charge in [-0.05, 0) is 46.0 Å². The molecule has 1 N–H and O–H groups in total. The molecular weight excluding hydrogens is 258 g/mol. The third-order valence-electron chi connectivity index (χ3n) is 2.26. The summed E-state index contributed by atoms with van der Waals surface area (Å²) in [4.78, 5) is 12.0. The van der Waals surface area contributed by atoms with Crippen LogP contribution in [0.4, 0.5) is 4.79 Å². The maximum absolute atomic E-state index is 11.2. The van der Waals surface area contributed by atoms with Crippen molar-refractivity contribution in [2.75, 3.05) is 6.54 Å². The summed E-state index contributed by atoms with van der Waals surface area (Å²) in [6.45, 7) is 6.32. The average Bonchev–Trinajstić information content (AvgIpc) is 2.73. The third kappa shape index (κ3) is 6.03. The molecule has 1 aliphatic carbocycles. The molecule has 3 nitrogen and oxygen atoms in total. The maximum Gasteiger partial charge on any atom is 0.407 e. The van der Waals surface area contributed by atoms with E-state index in [0.717, 1.165) is 17.2 Å². The van der Waals surface area contributed by atoms with Gasteiger partial charge in [0.1, 0.15) is 5.60 Å². The molecule has 0 aromatic rings. The number of alkyl carbamates (subject to hydrolysis) is 1. The number of carbonyl (C=O) groups is 1. The molecule has 0 aromatic heterocycles. The molecular formula is C11H20BrNO2. The van der Waals surface area contributed by atoms with Crippen molar-refractivity contribution in [2.24, 2.45) is 5.92 Å². The molecule has 1 saturated carbocycles. The van der Waals surface area contributed by atoms with E-state index in [1.807, 2.05) is 20.8 Å². The molecule has 1 aliphatic rings. The first-order valence-corrected chi connectivity index (χ1v) is 6.41. The largest absolute Gasteiger partial charge is 0.444 e. The quantitative estimate of drug-likeness (QED) is 0.634. The molecule has 1 amide bonds. The van der Waals surface area contributed by atoms with Crippen LogP contribution < -0.4 is 5.32 Å². The van der Waals surface area contributed by atoms with Crippen molar-refractivity contribution in [2.45, 2.75) is 50.5 Å². The fourth-order valence-electron chi connectivity index (χ4n) is 1.38. The Morgan fingerprint density at radius 1 is 1.53 bits per heavy atom. The summed E-state index contributed by atoms with van der Waals surface area (Å²) in [5, 5.41) is 2.76. The Labute approximate surface area is 100 Å². The second kappa shape index (κ2) is 5.19. The number of hydrogen-bond donors (Lipinski definition) is 1. The number of amides is 1. The van der Waals surface area contributed by atoms with Crippen molar-refractivity contribution in [3.8, 4) is 0 Å². The van der Waals surface area contributed by atoms with E-state index in [-0.39, 0.29) is 6.09 Å². The Balaban J connectivity index is 1.97. The van der Waals surface area contributed by atoms with Crippen LogP contribution in [0.2, 0.25) is 0 Å². The van der Waals surface area contributed by atoms with E-state index in [9.17, 15) is 4.79 Å². The molecule has 0 radical (unpaired) electrons. The van der Waals surface area contributed by atoms with Crippen LogP contribution in [0, 0.1) is 5.92 Å². The van der Waals surface area contributed by atoms with Gasteiger partial charge in [0.05, 0.1) is 0 Å². The molecule has 2 unspecified atom stereocenters. The van der Waals surface area contributed by atoms with Gasteiger partial charge >= 0.3 is 6.09 Å². The predicted octanol–water partition coefficient (Wildman–Crippen LogP) is 3.07. The SMILES string of the molecule is CC(C)(C)OC(=O)NCCCC1CC1Br. The minimum Gasteiger partial charge on any atom is -0.444 e. The summed E-state index contributed by atoms with van der Waals surface area (Å²) >= 11 is 3.56. The number of rotatable bonds is 4. The highest BCUT2D eigenvalue weighted by atomic mass is 79.9. The summed E-state index contributed by atoms with van der Waals surface area (Å²) < 4.78 is 5.12. The molecule has 0 aliphatic heterocycles. The third-order valence-corrected chi connectivity index (χ3v) is 3.38. The summed E-state index contributed by atoms with van der Waals surface area (Å²) in [6.07, 6.45) is 3.19. The first-order valence-electron chi connectivity index (χ1n) is 5.49. The van der Waals surface area contributed by atoms with Gasteiger partial charge in [-0.1, -0.05) is 15.9 Å². The predicted molar refractivity (Wildman–Crippen MR) is 64.3 cm³/mol. The Kier molecular flexibility index (Phi) is 4.44. The van der Waals surface area contributed by atoms with Crippen molar-refractivity contribution in [3.63, 3.8) is 0 Å². The average molecular weight is 278 g/mol. The van der Waals surface area contributed by atoms with Crippen molar-refractivity contribution in [3.05, 3.63) is 0 Å². The zero-order valence-corrected chi connectivity index (χ0v) is 11.3. The van der Waals surface area contributed by atoms with Gasteiger partial charge in [0.2, 0.25) is 0 Å². The van der Waals surface area contributed by atoms with Gasteiger partial charge in [-0.2, -0.15) is 0 Å². The van der Waals surface area contributed by atoms with Crippen molar-refractivity contribution >= 4 is 22.0 Å². The first kappa shape index (κ1) is 12.8. The van der Waals surface area contributed by atoms with E-state index in [1.165, 1.54) is 12.8 Å². The van der Waals surface area contributed by atoms with Crippen LogP contribution in [-0.2, 0) is 4.74 Å². The van der Waals surface area contributed by atoms with E-state index in [1.54, 1.807) is 0 Å². The highest BCUT2D eigenvalue weighted by Gasteiger charge is 2.33. The number of nitrogens with one attached hydrogen (secondary N) is 1. The Hall–Kier alpha value is -0.250. The van der Waals surface area contributed by atoms with Crippen LogP contribution in [0.15, 0.2) is 0 Å². The van der Waals surface area contributed by atoms with Gasteiger partial charge in [0.15, 0.2) is 0 Å². The normalized spacial score (nSPS) is 24.8. The molecule has 1 rings (SSSR count). The van der Waals surface area contributed by atoms with Crippen molar-refractivity contribution < 1.29 is 9.53 Å². The van der Waals surface area contributed by atoms with E-state index in [4.69, 9.17) is 4.74 Å². The lowest BCUT2D eigenvalue weighted by atomic mass is 10.2. The Bertz CT molecular complexity index is 225. The first-order chi connectivity index (χ1) is 6.88. The molecule has 0 aromatic carbocycles. The Morgan fingerprint density at radius 2 is 2.13 bits per heavy atom. The second-order valence-electron chi connectivity index (χ2n) is 5.08. The zero-order valence-electron chi connectivity index (χ0n) is 9.68. The maximum atomic E-state index is 11.2. The van der Waals surface area contributed by atoms with Crippen LogP contribution in [0.1, 0.15) is 40.0 Å². The van der Waals surface area contributed by atoms with E-state index in [0.29, 0.717) is 6.54 Å². The molecule has 0 spiro atoms. The van der Waals surface area contributed by atoms with Crippen LogP contribution >= 0.6 is 15.9 Å². The number of alkyl halides is 1. The zero-order chi connectivity index (χ0) is 11.5. The lowest BCUT2D eigenvalue weighted by molar-refractivity contribution is 0.0527. The standard InChI is InChI=1S/C11H20BrNO2/c1-11(2,3)15-10(14)13-6-4-5-8-7-9(8)12/h8-9H,4-7H2,1-3H3,(H,13,14). The fourth-order valence-corrected chi connectivity index (χ4v) is 2.12. The fraction of sp³-hybridized carbons (Fsp3) is 0.909. The summed E-state index contributed by atoms with van der Waals surface area (Å²) in [5.41, 5.74) is -0.401. The minimum absolute atomic E-state index is 0.311. The minimum atomic E-state index is -0.401. The van der Waals surface area contributed by atoms with Crippen LogP contribution in [-0.4, -0.2) is 23.1 Å². The topological polar surface area (TPSA) is 38.3 Å². The van der Waals surface area contributed by atoms with E-state index >= 15 is 0 Å². The van der Waals surface area contributed by atoms with Gasteiger partial charge in [0.25, 0.3) is 0 Å². The number of carbonyl (C=O) groups excluding carboxylic acids is 1. The van der Waals surface area contributed by atoms with Crippen molar-refractivity contribution in [1.82, 2.24) is 5.32 Å². The lowest BCUT2D eigenvalue weighted by Gasteiger charge is -2.19. The van der Waals surface area contributed by atoms with Crippen LogP contribution in [0.25, 0.3) is 0 Å². The van der Waals surface area contributed by atoms with E-state index < -0.39 is 5.60 Å². The molecule has 4 heteroatoms. The summed E-state index contributed by atoms with van der Waals surface area (Å²) in [7, 11) is 0. The summed E-state index contributed by atoms with van der Waals surface area (Å²) in [6, 6.07) is 0. The monoisotopic (exact) mass is 277 g/mol. The molecule has 88 valence electrons. The van der Waals surface area contributed by atoms with Crippen LogP contribution in [0.5, 0.6) is 0 Å². The highest BCUT2D eigenvalue weighted by Crippen LogP contribution is 2.40. The number of hydrogen-bond acceptors (Lipinski definition) is 2. The smallest absolute Gasteiger partial charge is 0.407 e. The molecule has 2 atom stereocenters.